The summed E-state index contributed by atoms with van der Waals surface area (Å²) in [6, 6.07) is 9.24. The van der Waals surface area contributed by atoms with Crippen LogP contribution in [0.15, 0.2) is 54.6 Å². The summed E-state index contributed by atoms with van der Waals surface area (Å²) in [5, 5.41) is 2.01. The number of rotatable bonds is 11. The second-order valence-corrected chi connectivity index (χ2v) is 8.31. The van der Waals surface area contributed by atoms with Crippen molar-refractivity contribution in [2.24, 2.45) is 0 Å². The van der Waals surface area contributed by atoms with Gasteiger partial charge < -0.3 is 10.1 Å². The van der Waals surface area contributed by atoms with Gasteiger partial charge in [0.05, 0.1) is 0 Å². The number of carbonyl (C=O) groups is 1. The average molecular weight is 605 g/mol. The maximum atomic E-state index is 14.5. The van der Waals surface area contributed by atoms with Crippen molar-refractivity contribution >= 4 is 11.6 Å². The van der Waals surface area contributed by atoms with Gasteiger partial charge in [0.15, 0.2) is 5.60 Å². The smallest absolute Gasteiger partial charge is 0.478 e. The Morgan fingerprint density at radius 3 is 1.73 bits per heavy atom. The first kappa shape index (κ1) is 32.9. The number of amides is 1. The van der Waals surface area contributed by atoms with Gasteiger partial charge in [-0.15, -0.1) is 13.2 Å². The number of para-hydroxylation sites is 1. The lowest BCUT2D eigenvalue weighted by molar-refractivity contribution is -0.535. The van der Waals surface area contributed by atoms with E-state index in [0.29, 0.717) is 6.07 Å². The molecule has 0 unspecified atom stereocenters. The summed E-state index contributed by atoms with van der Waals surface area (Å²) in [5.41, 5.74) is -4.36. The Kier molecular flexibility index (Phi) is 8.73. The molecule has 0 saturated heterocycles. The first-order valence-electron chi connectivity index (χ1n) is 10.4. The van der Waals surface area contributed by atoms with Gasteiger partial charge in [0.2, 0.25) is 0 Å². The van der Waals surface area contributed by atoms with Crippen LogP contribution < -0.4 is 10.1 Å². The van der Waals surface area contributed by atoms with Gasteiger partial charge in [-0.05, 0) is 38.1 Å². The third-order valence-electron chi connectivity index (χ3n) is 4.74. The summed E-state index contributed by atoms with van der Waals surface area (Å²) in [5.74, 6) is -14.4. The van der Waals surface area contributed by atoms with Gasteiger partial charge in [0, 0.05) is 11.3 Å². The second-order valence-electron chi connectivity index (χ2n) is 8.31. The van der Waals surface area contributed by atoms with Crippen LogP contribution in [0.5, 0.6) is 5.75 Å². The third kappa shape index (κ3) is 7.07. The predicted octanol–water partition coefficient (Wildman–Crippen LogP) is 7.54. The fourth-order valence-electron chi connectivity index (χ4n) is 2.74. The van der Waals surface area contributed by atoms with Gasteiger partial charge in [-0.1, -0.05) is 30.3 Å². The molecule has 0 fully saturated rings. The molecule has 224 valence electrons. The van der Waals surface area contributed by atoms with Crippen LogP contribution in [0.3, 0.4) is 0 Å². The minimum Gasteiger partial charge on any atom is -0.478 e. The number of alkyl halides is 13. The van der Waals surface area contributed by atoms with Gasteiger partial charge in [-0.25, -0.2) is 9.47 Å². The standard InChI is InChI=1S/C22H16F13NO4/c1-16(2,38-14-9-4-3-5-10-14)15(37)36-13-8-6-7-12(11-13)17(23,24)19(27,28)39-20(29,30)18(25,26)21(31,32)40-22(33,34)35/h3-11H,1-2H3,(H,36,37). The summed E-state index contributed by atoms with van der Waals surface area (Å²) >= 11 is 0. The average Bonchev–Trinajstić information content (AvgIpc) is 2.77. The van der Waals surface area contributed by atoms with Crippen molar-refractivity contribution in [3.63, 3.8) is 0 Å². The molecule has 1 N–H and O–H groups in total. The lowest BCUT2D eigenvalue weighted by Gasteiger charge is -2.35. The number of hydrogen-bond acceptors (Lipinski definition) is 4. The van der Waals surface area contributed by atoms with Crippen LogP contribution in [0.4, 0.5) is 62.8 Å². The van der Waals surface area contributed by atoms with Gasteiger partial charge >= 0.3 is 36.5 Å². The van der Waals surface area contributed by atoms with E-state index in [1.54, 1.807) is 22.9 Å². The lowest BCUT2D eigenvalue weighted by Crippen LogP contribution is -2.61. The molecule has 0 spiro atoms. The third-order valence-corrected chi connectivity index (χ3v) is 4.74. The van der Waals surface area contributed by atoms with Crippen molar-refractivity contribution in [1.82, 2.24) is 0 Å². The Bertz CT molecular complexity index is 1180. The summed E-state index contributed by atoms with van der Waals surface area (Å²) in [6.07, 6.45) is -28.0. The largest absolute Gasteiger partial charge is 0.527 e. The molecule has 2 aromatic rings. The number of ether oxygens (including phenoxy) is 3. The van der Waals surface area contributed by atoms with E-state index in [1.807, 2.05) is 5.32 Å². The molecule has 0 radical (unpaired) electrons. The van der Waals surface area contributed by atoms with Crippen molar-refractivity contribution in [2.75, 3.05) is 5.32 Å². The van der Waals surface area contributed by atoms with E-state index in [2.05, 4.69) is 4.74 Å². The first-order valence-corrected chi connectivity index (χ1v) is 10.4. The molecule has 0 aliphatic heterocycles. The van der Waals surface area contributed by atoms with E-state index in [0.717, 1.165) is 6.07 Å². The molecule has 0 bridgehead atoms. The Hall–Kier alpha value is -3.28. The molecule has 2 rings (SSSR count). The predicted molar refractivity (Wildman–Crippen MR) is 108 cm³/mol. The van der Waals surface area contributed by atoms with E-state index in [-0.39, 0.29) is 17.9 Å². The van der Waals surface area contributed by atoms with Crippen molar-refractivity contribution in [3.8, 4) is 5.75 Å². The Labute approximate surface area is 215 Å². The zero-order chi connectivity index (χ0) is 31.0. The van der Waals surface area contributed by atoms with Crippen molar-refractivity contribution in [3.05, 3.63) is 60.2 Å². The highest BCUT2D eigenvalue weighted by atomic mass is 19.4. The van der Waals surface area contributed by atoms with Crippen LogP contribution >= 0.6 is 0 Å². The van der Waals surface area contributed by atoms with Crippen LogP contribution in [0.25, 0.3) is 0 Å². The molecular formula is C22H16F13NO4. The summed E-state index contributed by atoms with van der Waals surface area (Å²) in [4.78, 5) is 12.5. The Balaban J connectivity index is 2.30. The summed E-state index contributed by atoms with van der Waals surface area (Å²) in [6.45, 7) is 2.44. The van der Waals surface area contributed by atoms with Crippen LogP contribution in [0.1, 0.15) is 19.4 Å². The molecule has 1 amide bonds. The Morgan fingerprint density at radius 2 is 1.20 bits per heavy atom. The van der Waals surface area contributed by atoms with E-state index in [9.17, 15) is 61.9 Å². The SMILES string of the molecule is CC(C)(Oc1ccccc1)C(=O)Nc1cccc(C(F)(F)C(F)(F)OC(F)(F)C(F)(F)C(F)(F)OC(F)(F)F)c1. The lowest BCUT2D eigenvalue weighted by atomic mass is 10.1. The number of carbonyl (C=O) groups excluding carboxylic acids is 1. The zero-order valence-electron chi connectivity index (χ0n) is 19.7. The number of benzene rings is 2. The van der Waals surface area contributed by atoms with Crippen molar-refractivity contribution in [1.29, 1.82) is 0 Å². The van der Waals surface area contributed by atoms with Crippen molar-refractivity contribution < 1.29 is 76.1 Å². The van der Waals surface area contributed by atoms with E-state index < -0.39 is 59.3 Å². The molecule has 5 nitrogen and oxygen atoms in total. The summed E-state index contributed by atoms with van der Waals surface area (Å²) in [7, 11) is 0. The molecule has 0 atom stereocenters. The molecule has 40 heavy (non-hydrogen) atoms. The van der Waals surface area contributed by atoms with Gasteiger partial charge in [-0.3, -0.25) is 4.79 Å². The quantitative estimate of drug-likeness (QED) is 0.269. The minimum atomic E-state index is -7.53. The number of hydrogen-bond donors (Lipinski definition) is 1. The van der Waals surface area contributed by atoms with Gasteiger partial charge in [-0.2, -0.15) is 43.9 Å². The molecule has 0 aliphatic carbocycles. The fraction of sp³-hybridized carbons (Fsp3) is 0.409. The minimum absolute atomic E-state index is 0.0748. The molecule has 0 aromatic heterocycles. The molecular weight excluding hydrogens is 589 g/mol. The van der Waals surface area contributed by atoms with Gasteiger partial charge in [0.1, 0.15) is 5.75 Å². The normalized spacial score (nSPS) is 14.2. The van der Waals surface area contributed by atoms with Crippen molar-refractivity contribution in [2.45, 2.75) is 56.0 Å². The molecule has 0 aliphatic rings. The first-order chi connectivity index (χ1) is 17.8. The monoisotopic (exact) mass is 605 g/mol. The second kappa shape index (κ2) is 10.6. The van der Waals surface area contributed by atoms with E-state index >= 15 is 0 Å². The molecule has 0 saturated carbocycles. The molecule has 18 heteroatoms. The molecule has 0 heterocycles. The maximum Gasteiger partial charge on any atom is 0.527 e. The number of nitrogens with one attached hydrogen (secondary N) is 1. The topological polar surface area (TPSA) is 56.8 Å². The summed E-state index contributed by atoms with van der Waals surface area (Å²) < 4.78 is 182. The van der Waals surface area contributed by atoms with E-state index in [1.165, 1.54) is 26.0 Å². The van der Waals surface area contributed by atoms with E-state index in [4.69, 9.17) is 4.74 Å². The van der Waals surface area contributed by atoms with Crippen LogP contribution in [-0.2, 0) is 20.2 Å². The zero-order valence-corrected chi connectivity index (χ0v) is 19.7. The number of anilines is 1. The van der Waals surface area contributed by atoms with Crippen LogP contribution in [0.2, 0.25) is 0 Å². The maximum absolute atomic E-state index is 14.5. The van der Waals surface area contributed by atoms with Gasteiger partial charge in [0.25, 0.3) is 5.91 Å². The fourth-order valence-corrected chi connectivity index (χ4v) is 2.74. The highest BCUT2D eigenvalue weighted by molar-refractivity contribution is 5.97. The highest BCUT2D eigenvalue weighted by Crippen LogP contribution is 2.54. The van der Waals surface area contributed by atoms with Crippen LogP contribution in [-0.4, -0.2) is 42.1 Å². The Morgan fingerprint density at radius 1 is 0.675 bits per heavy atom. The van der Waals surface area contributed by atoms with Crippen LogP contribution in [0, 0.1) is 0 Å². The molecule has 2 aromatic carbocycles. The highest BCUT2D eigenvalue weighted by Gasteiger charge is 2.80. The number of halogens is 13.